The van der Waals surface area contributed by atoms with E-state index in [2.05, 4.69) is 5.32 Å². The summed E-state index contributed by atoms with van der Waals surface area (Å²) in [4.78, 5) is 14.2. The van der Waals surface area contributed by atoms with Crippen molar-refractivity contribution in [2.75, 3.05) is 25.5 Å². The van der Waals surface area contributed by atoms with Crippen LogP contribution in [0.5, 0.6) is 5.75 Å². The second kappa shape index (κ2) is 7.58. The van der Waals surface area contributed by atoms with Crippen LogP contribution in [0.15, 0.2) is 42.5 Å². The molecular formula is C19H21ClN2O2. The van der Waals surface area contributed by atoms with E-state index >= 15 is 0 Å². The van der Waals surface area contributed by atoms with Crippen molar-refractivity contribution in [3.8, 4) is 5.75 Å². The van der Waals surface area contributed by atoms with E-state index in [9.17, 15) is 4.79 Å². The Balaban J connectivity index is 1.60. The average Bonchev–Trinajstić information content (AvgIpc) is 3.14. The van der Waals surface area contributed by atoms with Gasteiger partial charge < -0.3 is 15.0 Å². The molecule has 0 atom stereocenters. The Labute approximate surface area is 147 Å². The molecular weight excluding hydrogens is 324 g/mol. The first kappa shape index (κ1) is 16.7. The number of methoxy groups -OCH3 is 1. The van der Waals surface area contributed by atoms with Crippen LogP contribution in [0.2, 0.25) is 5.02 Å². The summed E-state index contributed by atoms with van der Waals surface area (Å²) in [6.45, 7) is 2.40. The van der Waals surface area contributed by atoms with Gasteiger partial charge in [0, 0.05) is 30.9 Å². The Hall–Kier alpha value is -2.20. The highest BCUT2D eigenvalue weighted by Crippen LogP contribution is 2.25. The fourth-order valence-electron chi connectivity index (χ4n) is 2.86. The summed E-state index contributed by atoms with van der Waals surface area (Å²) in [5.74, 6) is 0.797. The van der Waals surface area contributed by atoms with E-state index in [0.29, 0.717) is 17.3 Å². The lowest BCUT2D eigenvalue weighted by molar-refractivity contribution is 0.0793. The monoisotopic (exact) mass is 344 g/mol. The minimum atomic E-state index is 0.126. The molecule has 4 nitrogen and oxygen atoms in total. The van der Waals surface area contributed by atoms with Crippen molar-refractivity contribution in [1.29, 1.82) is 0 Å². The number of amides is 1. The molecule has 0 aliphatic carbocycles. The van der Waals surface area contributed by atoms with Gasteiger partial charge in [-0.15, -0.1) is 0 Å². The third-order valence-corrected chi connectivity index (χ3v) is 4.53. The highest BCUT2D eigenvalue weighted by molar-refractivity contribution is 6.32. The average molecular weight is 345 g/mol. The minimum absolute atomic E-state index is 0.126. The number of nitrogens with zero attached hydrogens (tertiary/aromatic N) is 1. The van der Waals surface area contributed by atoms with Gasteiger partial charge in [0.05, 0.1) is 12.1 Å². The van der Waals surface area contributed by atoms with Gasteiger partial charge in [-0.05, 0) is 54.8 Å². The number of hydrogen-bond acceptors (Lipinski definition) is 3. The maximum Gasteiger partial charge on any atom is 0.253 e. The number of benzene rings is 2. The molecule has 2 aromatic rings. The molecule has 1 amide bonds. The number of carbonyl (C=O) groups is 1. The molecule has 1 heterocycles. The number of nitrogens with one attached hydrogen (secondary N) is 1. The second-order valence-electron chi connectivity index (χ2n) is 5.90. The highest BCUT2D eigenvalue weighted by Gasteiger charge is 2.19. The molecule has 126 valence electrons. The quantitative estimate of drug-likeness (QED) is 0.884. The van der Waals surface area contributed by atoms with Gasteiger partial charge in [-0.25, -0.2) is 0 Å². The van der Waals surface area contributed by atoms with E-state index < -0.39 is 0 Å². The van der Waals surface area contributed by atoms with Crippen LogP contribution in [0.3, 0.4) is 0 Å². The lowest BCUT2D eigenvalue weighted by Gasteiger charge is -2.15. The number of carbonyl (C=O) groups excluding carboxylic acids is 1. The topological polar surface area (TPSA) is 41.6 Å². The zero-order valence-corrected chi connectivity index (χ0v) is 14.5. The first-order chi connectivity index (χ1) is 11.7. The van der Waals surface area contributed by atoms with Crippen LogP contribution in [0.25, 0.3) is 0 Å². The van der Waals surface area contributed by atoms with Crippen molar-refractivity contribution in [3.63, 3.8) is 0 Å². The van der Waals surface area contributed by atoms with Gasteiger partial charge in [-0.2, -0.15) is 0 Å². The van der Waals surface area contributed by atoms with Gasteiger partial charge in [0.15, 0.2) is 0 Å². The fraction of sp³-hybridized carbons (Fsp3) is 0.316. The summed E-state index contributed by atoms with van der Waals surface area (Å²) >= 11 is 6.13. The lowest BCUT2D eigenvalue weighted by Crippen LogP contribution is -2.27. The molecule has 2 aromatic carbocycles. The Bertz CT molecular complexity index is 710. The van der Waals surface area contributed by atoms with E-state index in [4.69, 9.17) is 16.3 Å². The lowest BCUT2D eigenvalue weighted by atomic mass is 10.1. The smallest absolute Gasteiger partial charge is 0.253 e. The predicted molar refractivity (Wildman–Crippen MR) is 96.9 cm³/mol. The zero-order chi connectivity index (χ0) is 16.9. The van der Waals surface area contributed by atoms with E-state index in [1.807, 2.05) is 47.4 Å². The van der Waals surface area contributed by atoms with Crippen LogP contribution in [-0.4, -0.2) is 31.0 Å². The Morgan fingerprint density at radius 2 is 1.88 bits per heavy atom. The number of halogens is 1. The summed E-state index contributed by atoms with van der Waals surface area (Å²) in [6, 6.07) is 13.4. The number of rotatable bonds is 5. The summed E-state index contributed by atoms with van der Waals surface area (Å²) in [5, 5.41) is 3.94. The van der Waals surface area contributed by atoms with Gasteiger partial charge in [-0.1, -0.05) is 17.7 Å². The van der Waals surface area contributed by atoms with Crippen LogP contribution in [-0.2, 0) is 6.54 Å². The van der Waals surface area contributed by atoms with Gasteiger partial charge in [-0.3, -0.25) is 4.79 Å². The van der Waals surface area contributed by atoms with Crippen LogP contribution in [0, 0.1) is 0 Å². The molecule has 0 radical (unpaired) electrons. The van der Waals surface area contributed by atoms with Crippen molar-refractivity contribution in [1.82, 2.24) is 4.90 Å². The standard InChI is InChI=1S/C19H21ClN2O2/c1-24-18-9-4-14(12-17(18)20)13-21-16-7-5-15(6-8-16)19(23)22-10-2-3-11-22/h4-9,12,21H,2-3,10-11,13H2,1H3. The summed E-state index contributed by atoms with van der Waals surface area (Å²) < 4.78 is 5.15. The SMILES string of the molecule is COc1ccc(CNc2ccc(C(=O)N3CCCC3)cc2)cc1Cl. The van der Waals surface area contributed by atoms with Crippen molar-refractivity contribution in [3.05, 3.63) is 58.6 Å². The Kier molecular flexibility index (Phi) is 5.26. The number of likely N-dealkylation sites (tertiary alicyclic amines) is 1. The fourth-order valence-corrected chi connectivity index (χ4v) is 3.14. The third-order valence-electron chi connectivity index (χ3n) is 4.24. The van der Waals surface area contributed by atoms with Gasteiger partial charge >= 0.3 is 0 Å². The zero-order valence-electron chi connectivity index (χ0n) is 13.7. The molecule has 5 heteroatoms. The molecule has 1 N–H and O–H groups in total. The molecule has 0 bridgehead atoms. The number of hydrogen-bond donors (Lipinski definition) is 1. The van der Waals surface area contributed by atoms with E-state index in [1.165, 1.54) is 0 Å². The summed E-state index contributed by atoms with van der Waals surface area (Å²) in [7, 11) is 1.60. The Morgan fingerprint density at radius 3 is 2.50 bits per heavy atom. The van der Waals surface area contributed by atoms with Crippen molar-refractivity contribution >= 4 is 23.2 Å². The van der Waals surface area contributed by atoms with Crippen molar-refractivity contribution < 1.29 is 9.53 Å². The molecule has 1 fully saturated rings. The van der Waals surface area contributed by atoms with Crippen molar-refractivity contribution in [2.45, 2.75) is 19.4 Å². The van der Waals surface area contributed by atoms with Gasteiger partial charge in [0.25, 0.3) is 5.91 Å². The minimum Gasteiger partial charge on any atom is -0.495 e. The largest absolute Gasteiger partial charge is 0.495 e. The maximum absolute atomic E-state index is 12.3. The molecule has 0 unspecified atom stereocenters. The third kappa shape index (κ3) is 3.82. The van der Waals surface area contributed by atoms with E-state index in [0.717, 1.165) is 42.7 Å². The van der Waals surface area contributed by atoms with Crippen LogP contribution < -0.4 is 10.1 Å². The molecule has 1 aliphatic rings. The summed E-state index contributed by atoms with van der Waals surface area (Å²) in [5.41, 5.74) is 2.79. The first-order valence-electron chi connectivity index (χ1n) is 8.13. The normalized spacial score (nSPS) is 13.8. The second-order valence-corrected chi connectivity index (χ2v) is 6.31. The van der Waals surface area contributed by atoms with Crippen LogP contribution >= 0.6 is 11.6 Å². The summed E-state index contributed by atoms with van der Waals surface area (Å²) in [6.07, 6.45) is 2.21. The molecule has 1 aliphatic heterocycles. The number of anilines is 1. The molecule has 0 saturated carbocycles. The van der Waals surface area contributed by atoms with Crippen LogP contribution in [0.4, 0.5) is 5.69 Å². The molecule has 0 aromatic heterocycles. The van der Waals surface area contributed by atoms with Crippen LogP contribution in [0.1, 0.15) is 28.8 Å². The van der Waals surface area contributed by atoms with E-state index in [-0.39, 0.29) is 5.91 Å². The molecule has 3 rings (SSSR count). The molecule has 1 saturated heterocycles. The predicted octanol–water partition coefficient (Wildman–Crippen LogP) is 4.20. The van der Waals surface area contributed by atoms with Gasteiger partial charge in [0.2, 0.25) is 0 Å². The number of ether oxygens (including phenoxy) is 1. The maximum atomic E-state index is 12.3. The van der Waals surface area contributed by atoms with E-state index in [1.54, 1.807) is 7.11 Å². The first-order valence-corrected chi connectivity index (χ1v) is 8.51. The Morgan fingerprint density at radius 1 is 1.17 bits per heavy atom. The molecule has 24 heavy (non-hydrogen) atoms. The van der Waals surface area contributed by atoms with Gasteiger partial charge in [0.1, 0.15) is 5.75 Å². The van der Waals surface area contributed by atoms with Crippen molar-refractivity contribution in [2.24, 2.45) is 0 Å². The molecule has 0 spiro atoms. The highest BCUT2D eigenvalue weighted by atomic mass is 35.5.